The molecule has 0 saturated heterocycles. The van der Waals surface area contributed by atoms with E-state index in [1.807, 2.05) is 0 Å². The molecule has 0 spiro atoms. The predicted octanol–water partition coefficient (Wildman–Crippen LogP) is 3.43. The topological polar surface area (TPSA) is 83.6 Å². The fourth-order valence-corrected chi connectivity index (χ4v) is 3.18. The van der Waals surface area contributed by atoms with Crippen LogP contribution >= 0.6 is 15.9 Å². The Morgan fingerprint density at radius 1 is 1.32 bits per heavy atom. The van der Waals surface area contributed by atoms with E-state index in [4.69, 9.17) is 5.73 Å². The molecule has 4 nitrogen and oxygen atoms in total. The van der Waals surface area contributed by atoms with Crippen LogP contribution < -0.4 is 5.73 Å². The molecule has 2 rings (SSSR count). The number of benzene rings is 1. The molecule has 19 heavy (non-hydrogen) atoms. The zero-order valence-electron chi connectivity index (χ0n) is 10.6. The number of carboxylic acids is 1. The Labute approximate surface area is 120 Å². The third-order valence-electron chi connectivity index (χ3n) is 3.89. The minimum absolute atomic E-state index is 0.0435. The lowest BCUT2D eigenvalue weighted by molar-refractivity contribution is 0.0693. The Hall–Kier alpha value is -1.07. The minimum atomic E-state index is -1.05. The molecule has 1 aliphatic carbocycles. The molecule has 0 aliphatic heterocycles. The average molecular weight is 328 g/mol. The van der Waals surface area contributed by atoms with E-state index in [0.29, 0.717) is 10.0 Å². The molecule has 1 saturated carbocycles. The summed E-state index contributed by atoms with van der Waals surface area (Å²) in [4.78, 5) is 11.3. The first-order valence-electron chi connectivity index (χ1n) is 6.52. The molecule has 5 heteroatoms. The molecular weight excluding hydrogens is 310 g/mol. The standard InChI is InChI=1S/C14H18BrNO3/c15-10-7-6-9(14(18)19)11(13(10)17)12(16)8-4-2-1-3-5-8/h6-8,12,17H,1-5,16H2,(H,18,19)/t12-/m0/s1. The van der Waals surface area contributed by atoms with E-state index < -0.39 is 12.0 Å². The highest BCUT2D eigenvalue weighted by Gasteiger charge is 2.28. The van der Waals surface area contributed by atoms with Gasteiger partial charge in [-0.25, -0.2) is 4.79 Å². The summed E-state index contributed by atoms with van der Waals surface area (Å²) in [6, 6.07) is 2.60. The maximum atomic E-state index is 11.3. The first-order valence-corrected chi connectivity index (χ1v) is 7.32. The van der Waals surface area contributed by atoms with Gasteiger partial charge in [-0.15, -0.1) is 0 Å². The second-order valence-corrected chi connectivity index (χ2v) is 5.94. The fraction of sp³-hybridized carbons (Fsp3) is 0.500. The summed E-state index contributed by atoms with van der Waals surface area (Å²) >= 11 is 3.22. The van der Waals surface area contributed by atoms with Gasteiger partial charge >= 0.3 is 5.97 Å². The molecule has 1 atom stereocenters. The summed E-state index contributed by atoms with van der Waals surface area (Å²) in [5, 5.41) is 19.4. The van der Waals surface area contributed by atoms with Crippen molar-refractivity contribution in [2.75, 3.05) is 0 Å². The lowest BCUT2D eigenvalue weighted by Gasteiger charge is -2.29. The molecule has 1 fully saturated rings. The molecule has 0 unspecified atom stereocenters. The number of phenolic OH excluding ortho intramolecular Hbond substituents is 1. The lowest BCUT2D eigenvalue weighted by Crippen LogP contribution is -2.25. The summed E-state index contributed by atoms with van der Waals surface area (Å²) in [5.41, 5.74) is 6.69. The molecular formula is C14H18BrNO3. The largest absolute Gasteiger partial charge is 0.506 e. The number of nitrogens with two attached hydrogens (primary N) is 1. The zero-order valence-corrected chi connectivity index (χ0v) is 12.2. The third kappa shape index (κ3) is 2.92. The second-order valence-electron chi connectivity index (χ2n) is 5.09. The van der Waals surface area contributed by atoms with Crippen LogP contribution in [0.2, 0.25) is 0 Å². The van der Waals surface area contributed by atoms with Gasteiger partial charge in [0, 0.05) is 11.6 Å². The Balaban J connectivity index is 2.41. The molecule has 0 heterocycles. The normalized spacial score (nSPS) is 18.2. The first-order chi connectivity index (χ1) is 9.02. The van der Waals surface area contributed by atoms with Gasteiger partial charge < -0.3 is 15.9 Å². The third-order valence-corrected chi connectivity index (χ3v) is 4.53. The van der Waals surface area contributed by atoms with Crippen LogP contribution in [0.3, 0.4) is 0 Å². The van der Waals surface area contributed by atoms with Crippen LogP contribution in [0.4, 0.5) is 0 Å². The number of rotatable bonds is 3. The van der Waals surface area contributed by atoms with Gasteiger partial charge in [0.1, 0.15) is 5.75 Å². The molecule has 0 amide bonds. The van der Waals surface area contributed by atoms with Crippen LogP contribution in [-0.4, -0.2) is 16.2 Å². The number of carbonyl (C=O) groups is 1. The molecule has 0 bridgehead atoms. The van der Waals surface area contributed by atoms with E-state index in [2.05, 4.69) is 15.9 Å². The Bertz CT molecular complexity index is 484. The van der Waals surface area contributed by atoms with E-state index in [0.717, 1.165) is 25.7 Å². The van der Waals surface area contributed by atoms with Crippen molar-refractivity contribution < 1.29 is 15.0 Å². The van der Waals surface area contributed by atoms with Crippen molar-refractivity contribution in [3.8, 4) is 5.75 Å². The molecule has 0 radical (unpaired) electrons. The number of hydrogen-bond donors (Lipinski definition) is 3. The van der Waals surface area contributed by atoms with Crippen molar-refractivity contribution in [1.82, 2.24) is 0 Å². The van der Waals surface area contributed by atoms with Gasteiger partial charge in [-0.2, -0.15) is 0 Å². The van der Waals surface area contributed by atoms with Gasteiger partial charge in [-0.3, -0.25) is 0 Å². The first kappa shape index (κ1) is 14.3. The van der Waals surface area contributed by atoms with Crippen LogP contribution in [0.15, 0.2) is 16.6 Å². The Morgan fingerprint density at radius 2 is 1.95 bits per heavy atom. The molecule has 4 N–H and O–H groups in total. The van der Waals surface area contributed by atoms with Crippen LogP contribution in [0, 0.1) is 5.92 Å². The SMILES string of the molecule is N[C@H](c1c(C(=O)O)ccc(Br)c1O)C1CCCCC1. The van der Waals surface area contributed by atoms with Crippen LogP contribution in [-0.2, 0) is 0 Å². The summed E-state index contributed by atoms with van der Waals surface area (Å²) in [5.74, 6) is -0.853. The number of aromatic hydroxyl groups is 1. The van der Waals surface area contributed by atoms with Crippen LogP contribution in [0.5, 0.6) is 5.75 Å². The minimum Gasteiger partial charge on any atom is -0.506 e. The quantitative estimate of drug-likeness (QED) is 0.794. The van der Waals surface area contributed by atoms with Crippen LogP contribution in [0.25, 0.3) is 0 Å². The summed E-state index contributed by atoms with van der Waals surface area (Å²) in [7, 11) is 0. The average Bonchev–Trinajstić information content (AvgIpc) is 2.41. The smallest absolute Gasteiger partial charge is 0.336 e. The highest BCUT2D eigenvalue weighted by atomic mass is 79.9. The maximum Gasteiger partial charge on any atom is 0.336 e. The summed E-state index contributed by atoms with van der Waals surface area (Å²) in [6.07, 6.45) is 5.43. The fourth-order valence-electron chi connectivity index (χ4n) is 2.83. The van der Waals surface area contributed by atoms with E-state index in [9.17, 15) is 15.0 Å². The number of phenols is 1. The van der Waals surface area contributed by atoms with E-state index >= 15 is 0 Å². The lowest BCUT2D eigenvalue weighted by atomic mass is 9.80. The van der Waals surface area contributed by atoms with Gasteiger partial charge in [-0.1, -0.05) is 19.3 Å². The van der Waals surface area contributed by atoms with Gasteiger partial charge in [0.25, 0.3) is 0 Å². The van der Waals surface area contributed by atoms with Crippen molar-refractivity contribution in [2.45, 2.75) is 38.1 Å². The van der Waals surface area contributed by atoms with Crippen molar-refractivity contribution in [3.63, 3.8) is 0 Å². The highest BCUT2D eigenvalue weighted by molar-refractivity contribution is 9.10. The van der Waals surface area contributed by atoms with Crippen LogP contribution in [0.1, 0.15) is 54.1 Å². The van der Waals surface area contributed by atoms with Gasteiger partial charge in [0.15, 0.2) is 0 Å². The van der Waals surface area contributed by atoms with E-state index in [1.165, 1.54) is 18.6 Å². The number of halogens is 1. The summed E-state index contributed by atoms with van der Waals surface area (Å²) in [6.45, 7) is 0. The van der Waals surface area contributed by atoms with Crippen molar-refractivity contribution >= 4 is 21.9 Å². The Morgan fingerprint density at radius 3 is 2.53 bits per heavy atom. The molecule has 0 aromatic heterocycles. The number of aromatic carboxylic acids is 1. The second kappa shape index (κ2) is 5.92. The molecule has 1 aromatic carbocycles. The monoisotopic (exact) mass is 327 g/mol. The van der Waals surface area contributed by atoms with Crippen molar-refractivity contribution in [3.05, 3.63) is 27.7 Å². The van der Waals surface area contributed by atoms with Gasteiger partial charge in [0.2, 0.25) is 0 Å². The maximum absolute atomic E-state index is 11.3. The van der Waals surface area contributed by atoms with Crippen molar-refractivity contribution in [1.29, 1.82) is 0 Å². The number of hydrogen-bond acceptors (Lipinski definition) is 3. The van der Waals surface area contributed by atoms with Gasteiger partial charge in [0.05, 0.1) is 10.0 Å². The number of carboxylic acid groups (broad SMARTS) is 1. The predicted molar refractivity (Wildman–Crippen MR) is 76.3 cm³/mol. The van der Waals surface area contributed by atoms with Crippen molar-refractivity contribution in [2.24, 2.45) is 11.7 Å². The highest BCUT2D eigenvalue weighted by Crippen LogP contribution is 2.40. The van der Waals surface area contributed by atoms with E-state index in [1.54, 1.807) is 0 Å². The summed E-state index contributed by atoms with van der Waals surface area (Å²) < 4.78 is 0.485. The van der Waals surface area contributed by atoms with E-state index in [-0.39, 0.29) is 17.2 Å². The van der Waals surface area contributed by atoms with Gasteiger partial charge in [-0.05, 0) is 46.8 Å². The zero-order chi connectivity index (χ0) is 14.0. The molecule has 1 aliphatic rings. The Kier molecular flexibility index (Phi) is 4.47. The molecule has 104 valence electrons. The molecule has 1 aromatic rings.